The lowest BCUT2D eigenvalue weighted by Crippen LogP contribution is -2.12. The number of phenols is 1. The minimum atomic E-state index is 0.229. The average Bonchev–Trinajstić information content (AvgIpc) is 2.86. The summed E-state index contributed by atoms with van der Waals surface area (Å²) in [7, 11) is 0. The van der Waals surface area contributed by atoms with Gasteiger partial charge in [-0.25, -0.2) is 15.8 Å². The fourth-order valence-electron chi connectivity index (χ4n) is 1.91. The lowest BCUT2D eigenvalue weighted by Gasteiger charge is -2.08. The number of hydrazine groups is 1. The lowest BCUT2D eigenvalue weighted by atomic mass is 10.2. The molecule has 1 aliphatic heterocycles. The van der Waals surface area contributed by atoms with Crippen LogP contribution >= 0.6 is 11.8 Å². The van der Waals surface area contributed by atoms with Crippen LogP contribution in [0.4, 0.5) is 5.82 Å². The topological polar surface area (TPSA) is 84.1 Å². The van der Waals surface area contributed by atoms with Crippen LogP contribution in [0.1, 0.15) is 11.3 Å². The highest BCUT2D eigenvalue weighted by molar-refractivity contribution is 7.98. The highest BCUT2D eigenvalue weighted by atomic mass is 32.2. The molecule has 18 heavy (non-hydrogen) atoms. The summed E-state index contributed by atoms with van der Waals surface area (Å²) in [6.45, 7) is 0. The van der Waals surface area contributed by atoms with Crippen molar-refractivity contribution in [3.63, 3.8) is 0 Å². The van der Waals surface area contributed by atoms with Gasteiger partial charge in [-0.15, -0.1) is 0 Å². The second kappa shape index (κ2) is 4.47. The molecule has 92 valence electrons. The van der Waals surface area contributed by atoms with E-state index in [1.54, 1.807) is 36.0 Å². The second-order valence-electron chi connectivity index (χ2n) is 4.01. The van der Waals surface area contributed by atoms with Crippen LogP contribution in [-0.4, -0.2) is 15.1 Å². The second-order valence-corrected chi connectivity index (χ2v) is 4.99. The smallest absolute Gasteiger partial charge is 0.161 e. The summed E-state index contributed by atoms with van der Waals surface area (Å²) in [5.74, 6) is 8.83. The van der Waals surface area contributed by atoms with Crippen LogP contribution in [0.2, 0.25) is 0 Å². The first-order valence-corrected chi connectivity index (χ1v) is 6.67. The molecular weight excluding hydrogens is 248 g/mol. The van der Waals surface area contributed by atoms with Crippen molar-refractivity contribution in [1.29, 1.82) is 0 Å². The molecule has 0 unspecified atom stereocenters. The van der Waals surface area contributed by atoms with Crippen LogP contribution in [0.15, 0.2) is 24.3 Å². The normalized spacial score (nSPS) is 13.4. The number of benzene rings is 1. The van der Waals surface area contributed by atoms with Crippen LogP contribution in [0.3, 0.4) is 0 Å². The van der Waals surface area contributed by atoms with Crippen molar-refractivity contribution >= 4 is 17.6 Å². The van der Waals surface area contributed by atoms with Crippen LogP contribution in [0.25, 0.3) is 11.4 Å². The number of hydrogen-bond acceptors (Lipinski definition) is 6. The molecule has 0 saturated carbocycles. The molecule has 0 atom stereocenters. The fourth-order valence-corrected chi connectivity index (χ4v) is 2.95. The van der Waals surface area contributed by atoms with E-state index in [1.165, 1.54) is 0 Å². The van der Waals surface area contributed by atoms with Crippen molar-refractivity contribution in [1.82, 2.24) is 9.97 Å². The molecule has 1 aliphatic rings. The van der Waals surface area contributed by atoms with Crippen molar-refractivity contribution in [2.75, 3.05) is 5.43 Å². The summed E-state index contributed by atoms with van der Waals surface area (Å²) < 4.78 is 0. The molecule has 5 nitrogen and oxygen atoms in total. The molecule has 0 saturated heterocycles. The maximum absolute atomic E-state index is 9.28. The number of aromatic hydroxyl groups is 1. The number of hydrogen-bond donors (Lipinski definition) is 3. The number of nitrogens with one attached hydrogen (secondary N) is 1. The van der Waals surface area contributed by atoms with Gasteiger partial charge in [0.25, 0.3) is 0 Å². The third-order valence-electron chi connectivity index (χ3n) is 2.84. The monoisotopic (exact) mass is 260 g/mol. The molecule has 1 aromatic carbocycles. The lowest BCUT2D eigenvalue weighted by molar-refractivity contribution is 0.475. The van der Waals surface area contributed by atoms with Gasteiger partial charge in [0, 0.05) is 22.6 Å². The van der Waals surface area contributed by atoms with E-state index in [-0.39, 0.29) is 5.75 Å². The zero-order valence-corrected chi connectivity index (χ0v) is 10.4. The van der Waals surface area contributed by atoms with E-state index in [2.05, 4.69) is 15.4 Å². The van der Waals surface area contributed by atoms with Crippen molar-refractivity contribution < 1.29 is 5.11 Å². The minimum absolute atomic E-state index is 0.229. The van der Waals surface area contributed by atoms with E-state index >= 15 is 0 Å². The van der Waals surface area contributed by atoms with Crippen LogP contribution < -0.4 is 11.3 Å². The Morgan fingerprint density at radius 1 is 1.17 bits per heavy atom. The first-order valence-electron chi connectivity index (χ1n) is 5.51. The SMILES string of the molecule is NNc1nc(-c2ccc(O)cc2)nc2c1CSC2. The molecule has 0 radical (unpaired) electrons. The average molecular weight is 260 g/mol. The molecule has 4 N–H and O–H groups in total. The van der Waals surface area contributed by atoms with Gasteiger partial charge in [0.2, 0.25) is 0 Å². The molecule has 2 aromatic rings. The molecule has 1 aromatic heterocycles. The molecule has 6 heteroatoms. The number of nitrogen functional groups attached to an aromatic ring is 1. The Balaban J connectivity index is 2.10. The fraction of sp³-hybridized carbons (Fsp3) is 0.167. The number of thioether (sulfide) groups is 1. The molecule has 0 spiro atoms. The highest BCUT2D eigenvalue weighted by Gasteiger charge is 2.19. The van der Waals surface area contributed by atoms with Crippen molar-refractivity contribution in [2.24, 2.45) is 5.84 Å². The molecule has 3 rings (SSSR count). The number of rotatable bonds is 2. The predicted molar refractivity (Wildman–Crippen MR) is 71.9 cm³/mol. The summed E-state index contributed by atoms with van der Waals surface area (Å²) in [4.78, 5) is 8.97. The van der Waals surface area contributed by atoms with Gasteiger partial charge in [0.1, 0.15) is 11.6 Å². The maximum atomic E-state index is 9.28. The zero-order chi connectivity index (χ0) is 12.5. The van der Waals surface area contributed by atoms with Crippen LogP contribution in [-0.2, 0) is 11.5 Å². The summed E-state index contributed by atoms with van der Waals surface area (Å²) in [6, 6.07) is 6.82. The van der Waals surface area contributed by atoms with E-state index in [4.69, 9.17) is 5.84 Å². The largest absolute Gasteiger partial charge is 0.508 e. The Labute approximate surface area is 108 Å². The van der Waals surface area contributed by atoms with Crippen molar-refractivity contribution in [3.05, 3.63) is 35.5 Å². The summed E-state index contributed by atoms with van der Waals surface area (Å²) in [6.07, 6.45) is 0. The Morgan fingerprint density at radius 3 is 2.67 bits per heavy atom. The number of aromatic nitrogens is 2. The van der Waals surface area contributed by atoms with Gasteiger partial charge >= 0.3 is 0 Å². The Hall–Kier alpha value is -1.79. The molecule has 0 amide bonds. The Bertz CT molecular complexity index is 585. The standard InChI is InChI=1S/C12H12N4OS/c13-16-12-9-5-18-6-10(9)14-11(15-12)7-1-3-8(17)4-2-7/h1-4,17H,5-6,13H2,(H,14,15,16). The molecule has 2 heterocycles. The summed E-state index contributed by atoms with van der Waals surface area (Å²) in [5.41, 5.74) is 5.62. The van der Waals surface area contributed by atoms with Gasteiger partial charge < -0.3 is 10.5 Å². The van der Waals surface area contributed by atoms with Gasteiger partial charge in [0.05, 0.1) is 5.69 Å². The first kappa shape index (κ1) is 11.3. The number of fused-ring (bicyclic) bond motifs is 1. The van der Waals surface area contributed by atoms with Crippen molar-refractivity contribution in [3.8, 4) is 17.1 Å². The summed E-state index contributed by atoms with van der Waals surface area (Å²) in [5, 5.41) is 9.28. The number of nitrogens with two attached hydrogens (primary N) is 1. The van der Waals surface area contributed by atoms with Crippen LogP contribution in [0.5, 0.6) is 5.75 Å². The number of anilines is 1. The van der Waals surface area contributed by atoms with Gasteiger partial charge in [-0.1, -0.05) is 0 Å². The minimum Gasteiger partial charge on any atom is -0.508 e. The van der Waals surface area contributed by atoms with E-state index in [0.717, 1.165) is 28.3 Å². The van der Waals surface area contributed by atoms with Gasteiger partial charge in [0.15, 0.2) is 5.82 Å². The van der Waals surface area contributed by atoms with Gasteiger partial charge in [-0.05, 0) is 24.3 Å². The van der Waals surface area contributed by atoms with E-state index in [9.17, 15) is 5.11 Å². The highest BCUT2D eigenvalue weighted by Crippen LogP contribution is 2.34. The summed E-state index contributed by atoms with van der Waals surface area (Å²) >= 11 is 1.80. The zero-order valence-electron chi connectivity index (χ0n) is 9.55. The Kier molecular flexibility index (Phi) is 2.81. The van der Waals surface area contributed by atoms with E-state index < -0.39 is 0 Å². The van der Waals surface area contributed by atoms with Gasteiger partial charge in [-0.2, -0.15) is 11.8 Å². The van der Waals surface area contributed by atoms with Crippen molar-refractivity contribution in [2.45, 2.75) is 11.5 Å². The molecular formula is C12H12N4OS. The quantitative estimate of drug-likeness (QED) is 0.565. The third-order valence-corrected chi connectivity index (χ3v) is 3.81. The van der Waals surface area contributed by atoms with E-state index in [1.807, 2.05) is 0 Å². The molecule has 0 fully saturated rings. The number of phenolic OH excluding ortho intramolecular Hbond substituents is 1. The molecule has 0 bridgehead atoms. The number of nitrogens with zero attached hydrogens (tertiary/aromatic N) is 2. The maximum Gasteiger partial charge on any atom is 0.161 e. The van der Waals surface area contributed by atoms with Gasteiger partial charge in [-0.3, -0.25) is 0 Å². The predicted octanol–water partition coefficient (Wildman–Crippen LogP) is 1.88. The van der Waals surface area contributed by atoms with E-state index in [0.29, 0.717) is 11.6 Å². The first-order chi connectivity index (χ1) is 8.78. The third kappa shape index (κ3) is 1.89. The Morgan fingerprint density at radius 2 is 1.94 bits per heavy atom. The van der Waals surface area contributed by atoms with Crippen LogP contribution in [0, 0.1) is 0 Å². The molecule has 0 aliphatic carbocycles.